The van der Waals surface area contributed by atoms with Crippen LogP contribution in [0.2, 0.25) is 0 Å². The molecule has 1 aromatic carbocycles. The van der Waals surface area contributed by atoms with E-state index in [0.717, 1.165) is 12.1 Å². The Balaban J connectivity index is 2.45. The molecule has 1 heterocycles. The molecular weight excluding hydrogens is 252 g/mol. The quantitative estimate of drug-likeness (QED) is 0.913. The van der Waals surface area contributed by atoms with E-state index in [2.05, 4.69) is 39.1 Å². The van der Waals surface area contributed by atoms with Gasteiger partial charge in [0.1, 0.15) is 0 Å². The molecule has 2 aromatic rings. The minimum absolute atomic E-state index is 0.273. The van der Waals surface area contributed by atoms with E-state index in [1.165, 1.54) is 10.1 Å². The highest BCUT2D eigenvalue weighted by Gasteiger charge is 2.22. The van der Waals surface area contributed by atoms with Gasteiger partial charge >= 0.3 is 5.76 Å². The summed E-state index contributed by atoms with van der Waals surface area (Å²) in [7, 11) is 1.73. The summed E-state index contributed by atoms with van der Waals surface area (Å²) < 4.78 is 6.82. The Morgan fingerprint density at radius 3 is 2.60 bits per heavy atom. The maximum absolute atomic E-state index is 11.6. The first kappa shape index (κ1) is 14.9. The second-order valence-corrected chi connectivity index (χ2v) is 5.79. The highest BCUT2D eigenvalue weighted by Crippen LogP contribution is 2.29. The predicted molar refractivity (Wildman–Crippen MR) is 81.9 cm³/mol. The maximum atomic E-state index is 11.6. The van der Waals surface area contributed by atoms with Gasteiger partial charge in [-0.05, 0) is 36.1 Å². The second-order valence-electron chi connectivity index (χ2n) is 5.79. The van der Waals surface area contributed by atoms with Gasteiger partial charge < -0.3 is 9.73 Å². The second kappa shape index (κ2) is 5.83. The van der Waals surface area contributed by atoms with Gasteiger partial charge in [-0.2, -0.15) is 0 Å². The van der Waals surface area contributed by atoms with Crippen LogP contribution in [0.3, 0.4) is 0 Å². The molecule has 4 heteroatoms. The van der Waals surface area contributed by atoms with Crippen molar-refractivity contribution >= 4 is 11.1 Å². The smallest absolute Gasteiger partial charge is 0.408 e. The third-order valence-corrected chi connectivity index (χ3v) is 4.18. The Bertz CT molecular complexity index is 639. The SMILES string of the molecule is CCNC(c1ccc2c(c1)oc(=O)n2C)C(C)C(C)C. The molecule has 1 aromatic heterocycles. The molecule has 2 unspecified atom stereocenters. The van der Waals surface area contributed by atoms with Crippen molar-refractivity contribution in [2.75, 3.05) is 6.54 Å². The van der Waals surface area contributed by atoms with Gasteiger partial charge in [-0.1, -0.05) is 33.8 Å². The first-order valence-electron chi connectivity index (χ1n) is 7.28. The Kier molecular flexibility index (Phi) is 4.33. The zero-order valence-electron chi connectivity index (χ0n) is 12.9. The number of oxazole rings is 1. The summed E-state index contributed by atoms with van der Waals surface area (Å²) in [6.45, 7) is 9.75. The van der Waals surface area contributed by atoms with Crippen molar-refractivity contribution in [3.8, 4) is 0 Å². The van der Waals surface area contributed by atoms with Crippen molar-refractivity contribution in [2.24, 2.45) is 18.9 Å². The van der Waals surface area contributed by atoms with Crippen LogP contribution in [0.1, 0.15) is 39.3 Å². The molecule has 110 valence electrons. The van der Waals surface area contributed by atoms with Gasteiger partial charge in [0.05, 0.1) is 5.52 Å². The fourth-order valence-electron chi connectivity index (χ4n) is 2.56. The van der Waals surface area contributed by atoms with Crippen molar-refractivity contribution < 1.29 is 4.42 Å². The summed E-state index contributed by atoms with van der Waals surface area (Å²) in [5.74, 6) is 0.773. The van der Waals surface area contributed by atoms with Crippen molar-refractivity contribution in [1.29, 1.82) is 0 Å². The predicted octanol–water partition coefficient (Wildman–Crippen LogP) is 3.07. The van der Waals surface area contributed by atoms with Gasteiger partial charge in [0.15, 0.2) is 5.58 Å². The molecule has 0 fully saturated rings. The van der Waals surface area contributed by atoms with Crippen molar-refractivity contribution in [1.82, 2.24) is 9.88 Å². The summed E-state index contributed by atoms with van der Waals surface area (Å²) in [6.07, 6.45) is 0. The summed E-state index contributed by atoms with van der Waals surface area (Å²) in [4.78, 5) is 11.6. The van der Waals surface area contributed by atoms with Gasteiger partial charge in [-0.3, -0.25) is 4.57 Å². The lowest BCUT2D eigenvalue weighted by atomic mass is 9.86. The van der Waals surface area contributed by atoms with Gasteiger partial charge in [-0.15, -0.1) is 0 Å². The third kappa shape index (κ3) is 2.66. The van der Waals surface area contributed by atoms with E-state index < -0.39 is 0 Å². The van der Waals surface area contributed by atoms with Crippen molar-refractivity contribution in [2.45, 2.75) is 33.7 Å². The molecule has 1 N–H and O–H groups in total. The van der Waals surface area contributed by atoms with Gasteiger partial charge in [-0.25, -0.2) is 4.79 Å². The molecule has 2 rings (SSSR count). The molecule has 4 nitrogen and oxygen atoms in total. The molecule has 2 atom stereocenters. The molecule has 0 bridgehead atoms. The number of fused-ring (bicyclic) bond motifs is 1. The monoisotopic (exact) mass is 276 g/mol. The summed E-state index contributed by atoms with van der Waals surface area (Å²) in [6, 6.07) is 6.31. The molecular formula is C16H24N2O2. The lowest BCUT2D eigenvalue weighted by Crippen LogP contribution is -2.29. The van der Waals surface area contributed by atoms with Crippen LogP contribution in [0.4, 0.5) is 0 Å². The highest BCUT2D eigenvalue weighted by molar-refractivity contribution is 5.73. The standard InChI is InChI=1S/C16H24N2O2/c1-6-17-15(11(4)10(2)3)12-7-8-13-14(9-12)20-16(19)18(13)5/h7-11,15,17H,6H2,1-5H3. The van der Waals surface area contributed by atoms with Gasteiger partial charge in [0, 0.05) is 13.1 Å². The Hall–Kier alpha value is -1.55. The minimum atomic E-state index is -0.311. The van der Waals surface area contributed by atoms with E-state index in [-0.39, 0.29) is 11.8 Å². The number of rotatable bonds is 5. The molecule has 0 spiro atoms. The Morgan fingerprint density at radius 2 is 2.00 bits per heavy atom. The number of benzene rings is 1. The van der Waals surface area contributed by atoms with Crippen LogP contribution in [0.25, 0.3) is 11.1 Å². The van der Waals surface area contributed by atoms with Crippen LogP contribution < -0.4 is 11.1 Å². The Labute approximate surface area is 119 Å². The highest BCUT2D eigenvalue weighted by atomic mass is 16.4. The number of nitrogens with one attached hydrogen (secondary N) is 1. The molecule has 20 heavy (non-hydrogen) atoms. The number of hydrogen-bond acceptors (Lipinski definition) is 3. The van der Waals surface area contributed by atoms with E-state index in [9.17, 15) is 4.79 Å². The van der Waals surface area contributed by atoms with Gasteiger partial charge in [0.25, 0.3) is 0 Å². The first-order chi connectivity index (χ1) is 9.45. The number of aromatic nitrogens is 1. The lowest BCUT2D eigenvalue weighted by molar-refractivity contribution is 0.307. The normalized spacial score (nSPS) is 14.9. The zero-order valence-corrected chi connectivity index (χ0v) is 12.9. The summed E-state index contributed by atoms with van der Waals surface area (Å²) >= 11 is 0. The topological polar surface area (TPSA) is 47.2 Å². The largest absolute Gasteiger partial charge is 0.419 e. The van der Waals surface area contributed by atoms with Crippen molar-refractivity contribution in [3.05, 3.63) is 34.3 Å². The van der Waals surface area contributed by atoms with Gasteiger partial charge in [0.2, 0.25) is 0 Å². The fraction of sp³-hybridized carbons (Fsp3) is 0.562. The van der Waals surface area contributed by atoms with Crippen LogP contribution in [0.5, 0.6) is 0 Å². The molecule has 0 aliphatic rings. The van der Waals surface area contributed by atoms with Crippen LogP contribution in [0, 0.1) is 11.8 Å². The van der Waals surface area contributed by atoms with Crippen LogP contribution in [-0.4, -0.2) is 11.1 Å². The first-order valence-corrected chi connectivity index (χ1v) is 7.28. The fourth-order valence-corrected chi connectivity index (χ4v) is 2.56. The molecule has 0 amide bonds. The van der Waals surface area contributed by atoms with Crippen LogP contribution in [-0.2, 0) is 7.05 Å². The third-order valence-electron chi connectivity index (χ3n) is 4.18. The average Bonchev–Trinajstić information content (AvgIpc) is 2.70. The molecule has 0 aliphatic heterocycles. The van der Waals surface area contributed by atoms with E-state index in [4.69, 9.17) is 4.42 Å². The maximum Gasteiger partial charge on any atom is 0.419 e. The molecule has 0 saturated carbocycles. The van der Waals surface area contributed by atoms with Crippen LogP contribution >= 0.6 is 0 Å². The summed E-state index contributed by atoms with van der Waals surface area (Å²) in [5.41, 5.74) is 2.68. The van der Waals surface area contributed by atoms with E-state index >= 15 is 0 Å². The lowest BCUT2D eigenvalue weighted by Gasteiger charge is -2.28. The van der Waals surface area contributed by atoms with Crippen molar-refractivity contribution in [3.63, 3.8) is 0 Å². The molecule has 0 radical (unpaired) electrons. The summed E-state index contributed by atoms with van der Waals surface area (Å²) in [5, 5.41) is 3.54. The number of nitrogens with zero attached hydrogens (tertiary/aromatic N) is 1. The Morgan fingerprint density at radius 1 is 1.30 bits per heavy atom. The molecule has 0 saturated heterocycles. The molecule has 0 aliphatic carbocycles. The van der Waals surface area contributed by atoms with E-state index in [1.807, 2.05) is 12.1 Å². The van der Waals surface area contributed by atoms with E-state index in [0.29, 0.717) is 17.4 Å². The minimum Gasteiger partial charge on any atom is -0.408 e. The average molecular weight is 276 g/mol. The van der Waals surface area contributed by atoms with Crippen LogP contribution in [0.15, 0.2) is 27.4 Å². The van der Waals surface area contributed by atoms with E-state index in [1.54, 1.807) is 7.05 Å². The number of aryl methyl sites for hydroxylation is 1. The zero-order chi connectivity index (χ0) is 14.9. The number of hydrogen-bond donors (Lipinski definition) is 1.